The van der Waals surface area contributed by atoms with Gasteiger partial charge >= 0.3 is 6.03 Å². The molecule has 100 valence electrons. The fourth-order valence-electron chi connectivity index (χ4n) is 2.24. The van der Waals surface area contributed by atoms with Crippen molar-refractivity contribution in [3.05, 3.63) is 0 Å². The summed E-state index contributed by atoms with van der Waals surface area (Å²) >= 11 is 0. The second kappa shape index (κ2) is 7.54. The van der Waals surface area contributed by atoms with Crippen LogP contribution in [-0.4, -0.2) is 41.3 Å². The van der Waals surface area contributed by atoms with Crippen molar-refractivity contribution in [3.8, 4) is 0 Å². The van der Waals surface area contributed by atoms with Gasteiger partial charge in [-0.15, -0.1) is 0 Å². The molecule has 0 aromatic carbocycles. The van der Waals surface area contributed by atoms with Crippen LogP contribution in [0.4, 0.5) is 4.79 Å². The van der Waals surface area contributed by atoms with Gasteiger partial charge in [0.15, 0.2) is 0 Å². The third-order valence-corrected chi connectivity index (χ3v) is 3.47. The number of rotatable bonds is 5. The lowest BCUT2D eigenvalue weighted by Crippen LogP contribution is -2.46. The molecule has 0 aromatic rings. The summed E-state index contributed by atoms with van der Waals surface area (Å²) in [6, 6.07) is 0.309. The van der Waals surface area contributed by atoms with E-state index in [1.807, 2.05) is 11.8 Å². The SMILES string of the molecule is CCCCN(CC)C(=O)NC1CCC(O)CC1. The normalized spacial score (nSPS) is 24.4. The highest BCUT2D eigenvalue weighted by atomic mass is 16.3. The van der Waals surface area contributed by atoms with Gasteiger partial charge in [-0.2, -0.15) is 0 Å². The van der Waals surface area contributed by atoms with E-state index in [9.17, 15) is 9.90 Å². The van der Waals surface area contributed by atoms with Crippen molar-refractivity contribution < 1.29 is 9.90 Å². The van der Waals surface area contributed by atoms with Crippen LogP contribution >= 0.6 is 0 Å². The molecule has 0 spiro atoms. The molecule has 1 fully saturated rings. The molecule has 2 N–H and O–H groups in total. The number of nitrogens with zero attached hydrogens (tertiary/aromatic N) is 1. The molecular formula is C13H26N2O2. The fraction of sp³-hybridized carbons (Fsp3) is 0.923. The van der Waals surface area contributed by atoms with E-state index in [-0.39, 0.29) is 18.2 Å². The second-order valence-corrected chi connectivity index (χ2v) is 4.89. The Bertz CT molecular complexity index is 225. The Hall–Kier alpha value is -0.770. The molecule has 2 amide bonds. The van der Waals surface area contributed by atoms with Crippen LogP contribution < -0.4 is 5.32 Å². The summed E-state index contributed by atoms with van der Waals surface area (Å²) in [5.74, 6) is 0. The van der Waals surface area contributed by atoms with Gasteiger partial charge < -0.3 is 15.3 Å². The monoisotopic (exact) mass is 242 g/mol. The zero-order valence-electron chi connectivity index (χ0n) is 11.1. The lowest BCUT2D eigenvalue weighted by molar-refractivity contribution is 0.115. The molecule has 1 aliphatic rings. The molecule has 0 heterocycles. The quantitative estimate of drug-likeness (QED) is 0.776. The molecule has 0 bridgehead atoms. The lowest BCUT2D eigenvalue weighted by atomic mass is 9.93. The number of aliphatic hydroxyl groups excluding tert-OH is 1. The second-order valence-electron chi connectivity index (χ2n) is 4.89. The molecule has 1 saturated carbocycles. The summed E-state index contributed by atoms with van der Waals surface area (Å²) in [5, 5.41) is 12.5. The Morgan fingerprint density at radius 3 is 2.47 bits per heavy atom. The van der Waals surface area contributed by atoms with Gasteiger partial charge in [-0.05, 0) is 39.0 Å². The van der Waals surface area contributed by atoms with E-state index in [1.165, 1.54) is 0 Å². The largest absolute Gasteiger partial charge is 0.393 e. The molecule has 0 aromatic heterocycles. The lowest BCUT2D eigenvalue weighted by Gasteiger charge is -2.29. The van der Waals surface area contributed by atoms with E-state index in [1.54, 1.807) is 0 Å². The average Bonchev–Trinajstić information content (AvgIpc) is 2.33. The van der Waals surface area contributed by atoms with E-state index in [0.717, 1.165) is 51.6 Å². The maximum atomic E-state index is 12.0. The number of unbranched alkanes of at least 4 members (excludes halogenated alkanes) is 1. The maximum Gasteiger partial charge on any atom is 0.317 e. The fourth-order valence-corrected chi connectivity index (χ4v) is 2.24. The maximum absolute atomic E-state index is 12.0. The van der Waals surface area contributed by atoms with Crippen LogP contribution in [0.1, 0.15) is 52.4 Å². The topological polar surface area (TPSA) is 52.6 Å². The molecule has 1 aliphatic carbocycles. The molecule has 0 aliphatic heterocycles. The Labute approximate surface area is 104 Å². The van der Waals surface area contributed by atoms with Crippen LogP contribution in [0.2, 0.25) is 0 Å². The van der Waals surface area contributed by atoms with Crippen molar-refractivity contribution in [2.45, 2.75) is 64.5 Å². The predicted molar refractivity (Wildman–Crippen MR) is 68.9 cm³/mol. The third kappa shape index (κ3) is 4.94. The highest BCUT2D eigenvalue weighted by molar-refractivity contribution is 5.74. The number of urea groups is 1. The first kappa shape index (κ1) is 14.3. The minimum atomic E-state index is -0.162. The zero-order chi connectivity index (χ0) is 12.7. The van der Waals surface area contributed by atoms with Crippen LogP contribution in [0.3, 0.4) is 0 Å². The van der Waals surface area contributed by atoms with Gasteiger partial charge in [-0.25, -0.2) is 4.79 Å². The summed E-state index contributed by atoms with van der Waals surface area (Å²) in [4.78, 5) is 13.9. The smallest absolute Gasteiger partial charge is 0.317 e. The molecule has 4 heteroatoms. The molecule has 17 heavy (non-hydrogen) atoms. The number of hydrogen-bond acceptors (Lipinski definition) is 2. The highest BCUT2D eigenvalue weighted by Crippen LogP contribution is 2.18. The van der Waals surface area contributed by atoms with E-state index in [2.05, 4.69) is 12.2 Å². The van der Waals surface area contributed by atoms with Crippen molar-refractivity contribution in [3.63, 3.8) is 0 Å². The predicted octanol–water partition coefficient (Wildman–Crippen LogP) is 2.12. The number of carbonyl (C=O) groups excluding carboxylic acids is 1. The Morgan fingerprint density at radius 2 is 1.94 bits per heavy atom. The minimum absolute atomic E-state index is 0.0577. The van der Waals surface area contributed by atoms with Crippen molar-refractivity contribution in [2.75, 3.05) is 13.1 Å². The van der Waals surface area contributed by atoms with Crippen LogP contribution in [0, 0.1) is 0 Å². The van der Waals surface area contributed by atoms with Gasteiger partial charge in [0.25, 0.3) is 0 Å². The van der Waals surface area contributed by atoms with Crippen LogP contribution in [0.5, 0.6) is 0 Å². The summed E-state index contributed by atoms with van der Waals surface area (Å²) in [7, 11) is 0. The number of amides is 2. The van der Waals surface area contributed by atoms with Crippen molar-refractivity contribution >= 4 is 6.03 Å². The molecular weight excluding hydrogens is 216 g/mol. The van der Waals surface area contributed by atoms with Crippen molar-refractivity contribution in [1.82, 2.24) is 10.2 Å². The van der Waals surface area contributed by atoms with Gasteiger partial charge in [0.1, 0.15) is 0 Å². The van der Waals surface area contributed by atoms with Gasteiger partial charge in [-0.1, -0.05) is 13.3 Å². The zero-order valence-corrected chi connectivity index (χ0v) is 11.1. The number of carbonyl (C=O) groups is 1. The third-order valence-electron chi connectivity index (χ3n) is 3.47. The molecule has 0 radical (unpaired) electrons. The van der Waals surface area contributed by atoms with E-state index in [0.29, 0.717) is 0 Å². The van der Waals surface area contributed by atoms with E-state index < -0.39 is 0 Å². The van der Waals surface area contributed by atoms with E-state index >= 15 is 0 Å². The molecule has 0 atom stereocenters. The minimum Gasteiger partial charge on any atom is -0.393 e. The average molecular weight is 242 g/mol. The standard InChI is InChI=1S/C13H26N2O2/c1-3-5-10-15(4-2)13(17)14-11-6-8-12(16)9-7-11/h11-12,16H,3-10H2,1-2H3,(H,14,17). The summed E-state index contributed by atoms with van der Waals surface area (Å²) < 4.78 is 0. The first-order chi connectivity index (χ1) is 8.17. The molecule has 1 rings (SSSR count). The van der Waals surface area contributed by atoms with Gasteiger partial charge in [0, 0.05) is 19.1 Å². The van der Waals surface area contributed by atoms with Gasteiger partial charge in [0.05, 0.1) is 6.10 Å². The van der Waals surface area contributed by atoms with Crippen LogP contribution in [-0.2, 0) is 0 Å². The summed E-state index contributed by atoms with van der Waals surface area (Å²) in [6.07, 6.45) is 5.43. The molecule has 0 saturated heterocycles. The van der Waals surface area contributed by atoms with Gasteiger partial charge in [-0.3, -0.25) is 0 Å². The van der Waals surface area contributed by atoms with Crippen molar-refractivity contribution in [1.29, 1.82) is 0 Å². The number of nitrogens with one attached hydrogen (secondary N) is 1. The number of hydrogen-bond donors (Lipinski definition) is 2. The first-order valence-electron chi connectivity index (χ1n) is 6.90. The Balaban J connectivity index is 2.31. The molecule has 0 unspecified atom stereocenters. The highest BCUT2D eigenvalue weighted by Gasteiger charge is 2.22. The number of aliphatic hydroxyl groups is 1. The van der Waals surface area contributed by atoms with E-state index in [4.69, 9.17) is 0 Å². The summed E-state index contributed by atoms with van der Waals surface area (Å²) in [5.41, 5.74) is 0. The molecule has 4 nitrogen and oxygen atoms in total. The Morgan fingerprint density at radius 1 is 1.29 bits per heavy atom. The van der Waals surface area contributed by atoms with Gasteiger partial charge in [0.2, 0.25) is 0 Å². The van der Waals surface area contributed by atoms with Crippen LogP contribution in [0.25, 0.3) is 0 Å². The van der Waals surface area contributed by atoms with Crippen LogP contribution in [0.15, 0.2) is 0 Å². The van der Waals surface area contributed by atoms with Crippen molar-refractivity contribution in [2.24, 2.45) is 0 Å². The Kier molecular flexibility index (Phi) is 6.34. The first-order valence-corrected chi connectivity index (χ1v) is 6.90. The summed E-state index contributed by atoms with van der Waals surface area (Å²) in [6.45, 7) is 5.75.